The summed E-state index contributed by atoms with van der Waals surface area (Å²) in [5, 5.41) is 11.6. The van der Waals surface area contributed by atoms with Gasteiger partial charge in [0.15, 0.2) is 0 Å². The maximum atomic E-state index is 12.6. The first-order chi connectivity index (χ1) is 9.82. The number of aliphatic carboxylic acids is 1. The van der Waals surface area contributed by atoms with Crippen molar-refractivity contribution in [1.82, 2.24) is 4.90 Å². The van der Waals surface area contributed by atoms with Crippen LogP contribution in [0.15, 0.2) is 24.3 Å². The molecule has 114 valence electrons. The highest BCUT2D eigenvalue weighted by Gasteiger charge is 2.42. The van der Waals surface area contributed by atoms with Crippen LogP contribution in [0.3, 0.4) is 0 Å². The molecule has 0 radical (unpaired) electrons. The number of urea groups is 1. The normalized spacial score (nSPS) is 21.6. The van der Waals surface area contributed by atoms with Gasteiger partial charge in [-0.15, -0.1) is 0 Å². The number of amides is 2. The average Bonchev–Trinajstić information content (AvgIpc) is 2.83. The summed E-state index contributed by atoms with van der Waals surface area (Å²) in [7, 11) is 0. The van der Waals surface area contributed by atoms with Gasteiger partial charge < -0.3 is 15.3 Å². The van der Waals surface area contributed by atoms with Crippen molar-refractivity contribution in [3.8, 4) is 0 Å². The van der Waals surface area contributed by atoms with Crippen molar-refractivity contribution in [2.45, 2.75) is 19.8 Å². The molecule has 1 fully saturated rings. The number of alkyl halides is 2. The Balaban J connectivity index is 2.03. The van der Waals surface area contributed by atoms with Crippen LogP contribution in [0.1, 0.15) is 25.3 Å². The molecule has 1 aromatic rings. The monoisotopic (exact) mass is 298 g/mol. The zero-order chi connectivity index (χ0) is 15.6. The van der Waals surface area contributed by atoms with Crippen molar-refractivity contribution in [2.24, 2.45) is 5.41 Å². The maximum absolute atomic E-state index is 12.6. The van der Waals surface area contributed by atoms with Crippen LogP contribution < -0.4 is 5.32 Å². The largest absolute Gasteiger partial charge is 0.481 e. The van der Waals surface area contributed by atoms with Crippen LogP contribution in [-0.2, 0) is 4.79 Å². The lowest BCUT2D eigenvalue weighted by Gasteiger charge is -2.20. The van der Waals surface area contributed by atoms with Gasteiger partial charge in [-0.25, -0.2) is 13.6 Å². The molecule has 0 spiro atoms. The topological polar surface area (TPSA) is 69.6 Å². The highest BCUT2D eigenvalue weighted by molar-refractivity contribution is 5.90. The summed E-state index contributed by atoms with van der Waals surface area (Å²) in [5.41, 5.74) is -0.867. The number of anilines is 1. The van der Waals surface area contributed by atoms with Gasteiger partial charge in [0.25, 0.3) is 6.43 Å². The standard InChI is InChI=1S/C14H16F2N2O3/c1-14(12(19)20)5-6-18(8-14)13(21)17-10-4-2-3-9(7-10)11(15)16/h2-4,7,11H,5-6,8H2,1H3,(H,17,21)(H,19,20). The van der Waals surface area contributed by atoms with Gasteiger partial charge in [-0.2, -0.15) is 0 Å². The van der Waals surface area contributed by atoms with Crippen LogP contribution in [0, 0.1) is 5.41 Å². The second-order valence-corrected chi connectivity index (χ2v) is 5.39. The van der Waals surface area contributed by atoms with E-state index in [0.717, 1.165) is 0 Å². The summed E-state index contributed by atoms with van der Waals surface area (Å²) in [4.78, 5) is 24.5. The van der Waals surface area contributed by atoms with Crippen LogP contribution >= 0.6 is 0 Å². The molecule has 0 aromatic heterocycles. The van der Waals surface area contributed by atoms with Crippen LogP contribution in [0.2, 0.25) is 0 Å². The van der Waals surface area contributed by atoms with E-state index in [1.165, 1.54) is 29.2 Å². The molecule has 1 saturated heterocycles. The molecule has 1 atom stereocenters. The van der Waals surface area contributed by atoms with Gasteiger partial charge in [-0.05, 0) is 25.5 Å². The number of benzene rings is 1. The first kappa shape index (κ1) is 15.2. The van der Waals surface area contributed by atoms with Gasteiger partial charge in [0.2, 0.25) is 0 Å². The summed E-state index contributed by atoms with van der Waals surface area (Å²) in [6, 6.07) is 4.94. The van der Waals surface area contributed by atoms with Gasteiger partial charge in [-0.3, -0.25) is 4.79 Å². The summed E-state index contributed by atoms with van der Waals surface area (Å²) >= 11 is 0. The molecule has 1 aromatic carbocycles. The van der Waals surface area contributed by atoms with Gasteiger partial charge in [-0.1, -0.05) is 12.1 Å². The van der Waals surface area contributed by atoms with E-state index in [1.807, 2.05) is 0 Å². The number of carbonyl (C=O) groups is 2. The van der Waals surface area contributed by atoms with Crippen molar-refractivity contribution < 1.29 is 23.5 Å². The average molecular weight is 298 g/mol. The third kappa shape index (κ3) is 3.29. The smallest absolute Gasteiger partial charge is 0.321 e. The van der Waals surface area contributed by atoms with Crippen molar-refractivity contribution in [1.29, 1.82) is 0 Å². The summed E-state index contributed by atoms with van der Waals surface area (Å²) < 4.78 is 25.2. The predicted octanol–water partition coefficient (Wildman–Crippen LogP) is 2.95. The minimum absolute atomic E-state index is 0.0999. The van der Waals surface area contributed by atoms with Gasteiger partial charge in [0.05, 0.1) is 5.41 Å². The summed E-state index contributed by atoms with van der Waals surface area (Å²) in [5.74, 6) is -0.947. The highest BCUT2D eigenvalue weighted by atomic mass is 19.3. The van der Waals surface area contributed by atoms with Gasteiger partial charge in [0.1, 0.15) is 0 Å². The first-order valence-corrected chi connectivity index (χ1v) is 6.49. The highest BCUT2D eigenvalue weighted by Crippen LogP contribution is 2.30. The van der Waals surface area contributed by atoms with E-state index < -0.39 is 23.8 Å². The molecular weight excluding hydrogens is 282 g/mol. The number of rotatable bonds is 3. The van der Waals surface area contributed by atoms with Crippen molar-refractivity contribution >= 4 is 17.7 Å². The minimum Gasteiger partial charge on any atom is -0.481 e. The molecule has 0 bridgehead atoms. The van der Waals surface area contributed by atoms with Crippen LogP contribution in [-0.4, -0.2) is 35.1 Å². The van der Waals surface area contributed by atoms with E-state index in [-0.39, 0.29) is 17.8 Å². The number of nitrogens with zero attached hydrogens (tertiary/aromatic N) is 1. The fourth-order valence-corrected chi connectivity index (χ4v) is 2.26. The Morgan fingerprint density at radius 2 is 2.14 bits per heavy atom. The molecule has 1 aliphatic rings. The molecule has 2 amide bonds. The molecule has 1 unspecified atom stereocenters. The van der Waals surface area contributed by atoms with E-state index in [4.69, 9.17) is 5.11 Å². The van der Waals surface area contributed by atoms with E-state index in [0.29, 0.717) is 13.0 Å². The number of carboxylic acids is 1. The molecule has 2 N–H and O–H groups in total. The quantitative estimate of drug-likeness (QED) is 0.901. The maximum Gasteiger partial charge on any atom is 0.321 e. The molecule has 0 aliphatic carbocycles. The van der Waals surface area contributed by atoms with Crippen molar-refractivity contribution in [3.63, 3.8) is 0 Å². The van der Waals surface area contributed by atoms with E-state index in [1.54, 1.807) is 6.92 Å². The predicted molar refractivity (Wildman–Crippen MR) is 72.4 cm³/mol. The molecule has 0 saturated carbocycles. The third-order valence-corrected chi connectivity index (χ3v) is 3.67. The Hall–Kier alpha value is -2.18. The Morgan fingerprint density at radius 3 is 2.71 bits per heavy atom. The number of hydrogen-bond acceptors (Lipinski definition) is 2. The number of carboxylic acid groups (broad SMARTS) is 1. The summed E-state index contributed by atoms with van der Waals surface area (Å²) in [6.07, 6.45) is -2.24. The second-order valence-electron chi connectivity index (χ2n) is 5.39. The zero-order valence-electron chi connectivity index (χ0n) is 11.5. The van der Waals surface area contributed by atoms with E-state index in [2.05, 4.69) is 5.32 Å². The Kier molecular flexibility index (Phi) is 4.11. The lowest BCUT2D eigenvalue weighted by atomic mass is 9.90. The van der Waals surface area contributed by atoms with Gasteiger partial charge in [0, 0.05) is 24.3 Å². The Morgan fingerprint density at radius 1 is 1.43 bits per heavy atom. The van der Waals surface area contributed by atoms with E-state index in [9.17, 15) is 18.4 Å². The number of carbonyl (C=O) groups excluding carboxylic acids is 1. The van der Waals surface area contributed by atoms with Crippen LogP contribution in [0.5, 0.6) is 0 Å². The molecule has 21 heavy (non-hydrogen) atoms. The summed E-state index contributed by atoms with van der Waals surface area (Å²) in [6.45, 7) is 2.01. The number of likely N-dealkylation sites (tertiary alicyclic amines) is 1. The molecule has 1 heterocycles. The third-order valence-electron chi connectivity index (χ3n) is 3.67. The van der Waals surface area contributed by atoms with Crippen molar-refractivity contribution in [3.05, 3.63) is 29.8 Å². The SMILES string of the molecule is CC1(C(=O)O)CCN(C(=O)Nc2cccc(C(F)F)c2)C1. The molecule has 2 rings (SSSR count). The number of hydrogen-bond donors (Lipinski definition) is 2. The fourth-order valence-electron chi connectivity index (χ4n) is 2.26. The molecular formula is C14H16F2N2O3. The number of halogens is 2. The van der Waals surface area contributed by atoms with Crippen LogP contribution in [0.25, 0.3) is 0 Å². The Labute approximate surface area is 120 Å². The lowest BCUT2D eigenvalue weighted by molar-refractivity contribution is -0.146. The van der Waals surface area contributed by atoms with Crippen LogP contribution in [0.4, 0.5) is 19.3 Å². The number of nitrogens with one attached hydrogen (secondary N) is 1. The fraction of sp³-hybridized carbons (Fsp3) is 0.429. The van der Waals surface area contributed by atoms with Gasteiger partial charge >= 0.3 is 12.0 Å². The lowest BCUT2D eigenvalue weighted by Crippen LogP contribution is -2.37. The molecule has 1 aliphatic heterocycles. The molecule has 7 heteroatoms. The minimum atomic E-state index is -2.61. The Bertz CT molecular complexity index is 565. The van der Waals surface area contributed by atoms with E-state index >= 15 is 0 Å². The van der Waals surface area contributed by atoms with Crippen molar-refractivity contribution in [2.75, 3.05) is 18.4 Å². The second kappa shape index (κ2) is 5.67. The first-order valence-electron chi connectivity index (χ1n) is 6.49. The zero-order valence-corrected chi connectivity index (χ0v) is 11.5. The molecule has 5 nitrogen and oxygen atoms in total.